The second-order valence-corrected chi connectivity index (χ2v) is 12.5. The second kappa shape index (κ2) is 10.2. The summed E-state index contributed by atoms with van der Waals surface area (Å²) in [6.07, 6.45) is 0. The smallest absolute Gasteiger partial charge is 0.0541 e. The van der Waals surface area contributed by atoms with Crippen LogP contribution in [0.25, 0.3) is 93.2 Å². The Labute approximate surface area is 272 Å². The van der Waals surface area contributed by atoms with Crippen molar-refractivity contribution in [1.29, 1.82) is 0 Å². The van der Waals surface area contributed by atoms with Gasteiger partial charge in [0.15, 0.2) is 0 Å². The van der Waals surface area contributed by atoms with Gasteiger partial charge in [0.05, 0.1) is 11.0 Å². The van der Waals surface area contributed by atoms with E-state index in [1.165, 1.54) is 93.2 Å². The van der Waals surface area contributed by atoms with Crippen LogP contribution in [0.4, 0.5) is 0 Å². The van der Waals surface area contributed by atoms with Gasteiger partial charge in [-0.3, -0.25) is 0 Å². The average Bonchev–Trinajstić information content (AvgIpc) is 3.49. The third kappa shape index (κ3) is 3.97. The minimum Gasteiger partial charge on any atom is -0.309 e. The lowest BCUT2D eigenvalue weighted by molar-refractivity contribution is 1.18. The number of rotatable bonds is 4. The third-order valence-electron chi connectivity index (χ3n) is 9.97. The number of nitrogens with zero attached hydrogens (tertiary/aromatic N) is 1. The van der Waals surface area contributed by atoms with Gasteiger partial charge < -0.3 is 4.57 Å². The molecule has 0 N–H and O–H groups in total. The quantitative estimate of drug-likeness (QED) is 0.178. The van der Waals surface area contributed by atoms with Crippen LogP contribution in [-0.2, 0) is 0 Å². The van der Waals surface area contributed by atoms with Crippen molar-refractivity contribution in [3.05, 3.63) is 176 Å². The standard InChI is InChI=1S/C46H29N/c1-2-9-30(10-3-1)31-17-19-32(20-18-31)41-29-42(40-28-24-35-12-8-11-34-23-27-39(41)46(40)45(34)35)33-21-25-36(26-22-33)47-43-15-6-4-13-37(43)38-14-5-7-16-44(38)47/h1-29H. The highest BCUT2D eigenvalue weighted by Gasteiger charge is 2.17. The molecule has 1 aromatic heterocycles. The minimum atomic E-state index is 1.17. The van der Waals surface area contributed by atoms with Gasteiger partial charge >= 0.3 is 0 Å². The van der Waals surface area contributed by atoms with Crippen LogP contribution in [0.3, 0.4) is 0 Å². The molecule has 1 nitrogen and oxygen atoms in total. The summed E-state index contributed by atoms with van der Waals surface area (Å²) in [5, 5.41) is 10.4. The summed E-state index contributed by atoms with van der Waals surface area (Å²) in [5.41, 5.74) is 11.0. The molecule has 0 saturated heterocycles. The molecular formula is C46H29N. The Morgan fingerprint density at radius 3 is 1.38 bits per heavy atom. The Balaban J connectivity index is 1.19. The van der Waals surface area contributed by atoms with Crippen molar-refractivity contribution < 1.29 is 0 Å². The van der Waals surface area contributed by atoms with Crippen molar-refractivity contribution in [3.8, 4) is 39.1 Å². The molecule has 0 aliphatic heterocycles. The van der Waals surface area contributed by atoms with Gasteiger partial charge in [-0.25, -0.2) is 0 Å². The van der Waals surface area contributed by atoms with Crippen molar-refractivity contribution in [2.24, 2.45) is 0 Å². The molecule has 0 atom stereocenters. The predicted octanol–water partition coefficient (Wildman–Crippen LogP) is 12.7. The van der Waals surface area contributed by atoms with E-state index in [1.807, 2.05) is 0 Å². The van der Waals surface area contributed by atoms with E-state index in [9.17, 15) is 0 Å². The lowest BCUT2D eigenvalue weighted by atomic mass is 9.85. The van der Waals surface area contributed by atoms with Crippen LogP contribution in [0.2, 0.25) is 0 Å². The molecule has 0 aliphatic carbocycles. The van der Waals surface area contributed by atoms with Crippen molar-refractivity contribution >= 4 is 54.1 Å². The Hall–Kier alpha value is -6.18. The van der Waals surface area contributed by atoms with Gasteiger partial charge in [-0.1, -0.05) is 146 Å². The summed E-state index contributed by atoms with van der Waals surface area (Å²) in [6.45, 7) is 0. The average molecular weight is 596 g/mol. The van der Waals surface area contributed by atoms with E-state index < -0.39 is 0 Å². The zero-order valence-electron chi connectivity index (χ0n) is 25.7. The number of aromatic nitrogens is 1. The normalized spacial score (nSPS) is 11.8. The summed E-state index contributed by atoms with van der Waals surface area (Å²) >= 11 is 0. The zero-order valence-corrected chi connectivity index (χ0v) is 25.7. The van der Waals surface area contributed by atoms with E-state index in [-0.39, 0.29) is 0 Å². The maximum atomic E-state index is 2.41. The fourth-order valence-electron chi connectivity index (χ4n) is 7.77. The fourth-order valence-corrected chi connectivity index (χ4v) is 7.77. The molecule has 0 amide bonds. The van der Waals surface area contributed by atoms with E-state index in [2.05, 4.69) is 180 Å². The first-order chi connectivity index (χ1) is 23.3. The highest BCUT2D eigenvalue weighted by molar-refractivity contribution is 6.28. The van der Waals surface area contributed by atoms with Crippen LogP contribution in [0.1, 0.15) is 0 Å². The first kappa shape index (κ1) is 26.1. The lowest BCUT2D eigenvalue weighted by Gasteiger charge is -2.18. The largest absolute Gasteiger partial charge is 0.309 e. The van der Waals surface area contributed by atoms with Gasteiger partial charge in [0.25, 0.3) is 0 Å². The van der Waals surface area contributed by atoms with Crippen molar-refractivity contribution in [2.75, 3.05) is 0 Å². The Morgan fingerprint density at radius 2 is 0.787 bits per heavy atom. The van der Waals surface area contributed by atoms with Crippen LogP contribution in [-0.4, -0.2) is 4.57 Å². The number of fused-ring (bicyclic) bond motifs is 3. The van der Waals surface area contributed by atoms with Crippen molar-refractivity contribution in [2.45, 2.75) is 0 Å². The minimum absolute atomic E-state index is 1.17. The molecule has 0 spiro atoms. The SMILES string of the molecule is c1ccc(-c2ccc(-c3cc(-c4ccc(-n5c6ccccc6c6ccccc65)cc4)c4ccc5cccc6ccc3c4c65)cc2)cc1. The molecule has 9 aromatic carbocycles. The van der Waals surface area contributed by atoms with Gasteiger partial charge in [0.1, 0.15) is 0 Å². The van der Waals surface area contributed by atoms with Crippen LogP contribution in [0.5, 0.6) is 0 Å². The molecule has 0 fully saturated rings. The fraction of sp³-hybridized carbons (Fsp3) is 0. The molecule has 1 heterocycles. The molecule has 218 valence electrons. The molecule has 10 rings (SSSR count). The van der Waals surface area contributed by atoms with Crippen LogP contribution < -0.4 is 0 Å². The van der Waals surface area contributed by atoms with E-state index >= 15 is 0 Å². The predicted molar refractivity (Wildman–Crippen MR) is 201 cm³/mol. The topological polar surface area (TPSA) is 4.93 Å². The van der Waals surface area contributed by atoms with E-state index in [4.69, 9.17) is 0 Å². The molecule has 0 saturated carbocycles. The van der Waals surface area contributed by atoms with Gasteiger partial charge in [-0.15, -0.1) is 0 Å². The van der Waals surface area contributed by atoms with Gasteiger partial charge in [-0.2, -0.15) is 0 Å². The van der Waals surface area contributed by atoms with E-state index in [0.717, 1.165) is 0 Å². The molecular weight excluding hydrogens is 567 g/mol. The lowest BCUT2D eigenvalue weighted by Crippen LogP contribution is -1.94. The Morgan fingerprint density at radius 1 is 0.298 bits per heavy atom. The maximum absolute atomic E-state index is 2.41. The number of para-hydroxylation sites is 2. The molecule has 1 heteroatoms. The highest BCUT2D eigenvalue weighted by Crippen LogP contribution is 2.44. The summed E-state index contributed by atoms with van der Waals surface area (Å²) in [7, 11) is 0. The van der Waals surface area contributed by atoms with Gasteiger partial charge in [0.2, 0.25) is 0 Å². The molecule has 47 heavy (non-hydrogen) atoms. The van der Waals surface area contributed by atoms with E-state index in [0.29, 0.717) is 0 Å². The summed E-state index contributed by atoms with van der Waals surface area (Å²) < 4.78 is 2.39. The number of hydrogen-bond donors (Lipinski definition) is 0. The van der Waals surface area contributed by atoms with Gasteiger partial charge in [-0.05, 0) is 96.0 Å². The van der Waals surface area contributed by atoms with Crippen LogP contribution >= 0.6 is 0 Å². The monoisotopic (exact) mass is 595 g/mol. The number of benzene rings is 9. The molecule has 0 unspecified atom stereocenters. The highest BCUT2D eigenvalue weighted by atomic mass is 15.0. The molecule has 0 bridgehead atoms. The van der Waals surface area contributed by atoms with Crippen molar-refractivity contribution in [1.82, 2.24) is 4.57 Å². The first-order valence-corrected chi connectivity index (χ1v) is 16.3. The maximum Gasteiger partial charge on any atom is 0.0541 e. The Kier molecular flexibility index (Phi) is 5.64. The van der Waals surface area contributed by atoms with Crippen LogP contribution in [0, 0.1) is 0 Å². The Bertz CT molecular complexity index is 2680. The summed E-state index contributed by atoms with van der Waals surface area (Å²) in [6, 6.07) is 64.5. The number of hydrogen-bond acceptors (Lipinski definition) is 0. The van der Waals surface area contributed by atoms with Gasteiger partial charge in [0, 0.05) is 16.5 Å². The third-order valence-corrected chi connectivity index (χ3v) is 9.97. The second-order valence-electron chi connectivity index (χ2n) is 12.5. The molecule has 0 radical (unpaired) electrons. The molecule has 10 aromatic rings. The summed E-state index contributed by atoms with van der Waals surface area (Å²) in [5.74, 6) is 0. The zero-order chi connectivity index (χ0) is 30.9. The van der Waals surface area contributed by atoms with Crippen molar-refractivity contribution in [3.63, 3.8) is 0 Å². The van der Waals surface area contributed by atoms with E-state index in [1.54, 1.807) is 0 Å². The van der Waals surface area contributed by atoms with Crippen LogP contribution in [0.15, 0.2) is 176 Å². The summed E-state index contributed by atoms with van der Waals surface area (Å²) in [4.78, 5) is 0. The molecule has 0 aliphatic rings. The first-order valence-electron chi connectivity index (χ1n) is 16.3.